The predicted molar refractivity (Wildman–Crippen MR) is 54.3 cm³/mol. The van der Waals surface area contributed by atoms with E-state index in [1.165, 1.54) is 14.2 Å². The first-order valence-corrected chi connectivity index (χ1v) is 5.76. The topological polar surface area (TPSA) is 52.6 Å². The average Bonchev–Trinajstić information content (AvgIpc) is 2.97. The molecular formula is C12H16O4. The molecule has 0 aromatic heterocycles. The van der Waals surface area contributed by atoms with Gasteiger partial charge in [-0.05, 0) is 37.5 Å². The van der Waals surface area contributed by atoms with E-state index in [1.807, 2.05) is 0 Å². The summed E-state index contributed by atoms with van der Waals surface area (Å²) in [5, 5.41) is 0. The molecule has 0 aromatic carbocycles. The van der Waals surface area contributed by atoms with Gasteiger partial charge in [-0.1, -0.05) is 0 Å². The Bertz CT molecular complexity index is 343. The lowest BCUT2D eigenvalue weighted by molar-refractivity contribution is -0.154. The van der Waals surface area contributed by atoms with E-state index < -0.39 is 0 Å². The normalized spacial score (nSPS) is 47.4. The maximum absolute atomic E-state index is 11.9. The minimum Gasteiger partial charge on any atom is -0.469 e. The fraction of sp³-hybridized carbons (Fsp3) is 0.833. The summed E-state index contributed by atoms with van der Waals surface area (Å²) in [5.41, 5.74) is -0.735. The summed E-state index contributed by atoms with van der Waals surface area (Å²) in [7, 11) is 2.87. The van der Waals surface area contributed by atoms with Crippen molar-refractivity contribution in [2.75, 3.05) is 14.2 Å². The number of carbonyl (C=O) groups is 2. The van der Waals surface area contributed by atoms with Crippen LogP contribution in [0.5, 0.6) is 0 Å². The van der Waals surface area contributed by atoms with Crippen molar-refractivity contribution in [3.05, 3.63) is 0 Å². The van der Waals surface area contributed by atoms with Crippen LogP contribution in [-0.4, -0.2) is 26.2 Å². The first kappa shape index (κ1) is 10.1. The molecule has 0 saturated heterocycles. The first-order valence-electron chi connectivity index (χ1n) is 5.76. The molecule has 0 N–H and O–H groups in total. The third-order valence-electron chi connectivity index (χ3n) is 5.17. The summed E-state index contributed by atoms with van der Waals surface area (Å²) < 4.78 is 9.84. The van der Waals surface area contributed by atoms with Crippen molar-refractivity contribution in [1.29, 1.82) is 0 Å². The summed E-state index contributed by atoms with van der Waals surface area (Å²) in [5.74, 6) is 0.430. The van der Waals surface area contributed by atoms with Crippen molar-refractivity contribution in [1.82, 2.24) is 0 Å². The van der Waals surface area contributed by atoms with Gasteiger partial charge in [0.25, 0.3) is 0 Å². The lowest BCUT2D eigenvalue weighted by Gasteiger charge is -2.25. The Labute approximate surface area is 94.3 Å². The molecule has 0 unspecified atom stereocenters. The first-order chi connectivity index (χ1) is 7.59. The molecule has 4 aliphatic carbocycles. The summed E-state index contributed by atoms with van der Waals surface area (Å²) in [6.07, 6.45) is 3.28. The number of carbonyl (C=O) groups excluding carboxylic acids is 2. The number of hydrogen-bond donors (Lipinski definition) is 0. The summed E-state index contributed by atoms with van der Waals surface area (Å²) in [4.78, 5) is 23.8. The van der Waals surface area contributed by atoms with Crippen LogP contribution in [0.1, 0.15) is 25.7 Å². The monoisotopic (exact) mass is 224 g/mol. The highest BCUT2D eigenvalue weighted by Gasteiger charge is 2.76. The smallest absolute Gasteiger partial charge is 0.312 e. The highest BCUT2D eigenvalue weighted by Crippen LogP contribution is 2.76. The SMILES string of the molecule is COC(=O)[C@]12C[C@@H]3C[C@H]1C[C@]3(C(=O)OC)C2. The Balaban J connectivity index is 1.98. The highest BCUT2D eigenvalue weighted by atomic mass is 16.5. The average molecular weight is 224 g/mol. The minimum atomic E-state index is -0.367. The van der Waals surface area contributed by atoms with E-state index in [-0.39, 0.29) is 22.8 Å². The van der Waals surface area contributed by atoms with Crippen molar-refractivity contribution < 1.29 is 19.1 Å². The van der Waals surface area contributed by atoms with Crippen LogP contribution in [-0.2, 0) is 19.1 Å². The molecule has 0 spiro atoms. The Kier molecular flexibility index (Phi) is 1.76. The van der Waals surface area contributed by atoms with Crippen molar-refractivity contribution in [3.8, 4) is 0 Å². The molecule has 88 valence electrons. The van der Waals surface area contributed by atoms with Gasteiger partial charge in [-0.25, -0.2) is 0 Å². The van der Waals surface area contributed by atoms with Gasteiger partial charge in [0.15, 0.2) is 0 Å². The van der Waals surface area contributed by atoms with E-state index in [1.54, 1.807) is 0 Å². The number of rotatable bonds is 2. The maximum atomic E-state index is 11.9. The summed E-state index contributed by atoms with van der Waals surface area (Å²) in [6, 6.07) is 0. The second-order valence-electron chi connectivity index (χ2n) is 5.51. The molecule has 0 heterocycles. The van der Waals surface area contributed by atoms with Crippen LogP contribution < -0.4 is 0 Å². The van der Waals surface area contributed by atoms with E-state index >= 15 is 0 Å². The van der Waals surface area contributed by atoms with Crippen LogP contribution in [0.2, 0.25) is 0 Å². The lowest BCUT2D eigenvalue weighted by Crippen LogP contribution is -2.33. The van der Waals surface area contributed by atoms with Crippen LogP contribution in [0.4, 0.5) is 0 Å². The molecule has 0 aromatic rings. The maximum Gasteiger partial charge on any atom is 0.312 e. The molecule has 4 nitrogen and oxygen atoms in total. The molecule has 4 bridgehead atoms. The van der Waals surface area contributed by atoms with Gasteiger partial charge in [0.05, 0.1) is 25.0 Å². The van der Waals surface area contributed by atoms with Crippen LogP contribution in [0.15, 0.2) is 0 Å². The standard InChI is InChI=1S/C12H16O4/c1-15-9(13)11-4-8-3-7(11)5-12(8,6-11)10(14)16-2/h7-8H,3-6H2,1-2H3/t7-,8-,11-,12-/m0/s1. The largest absolute Gasteiger partial charge is 0.469 e. The third kappa shape index (κ3) is 0.837. The molecule has 0 radical (unpaired) electrons. The van der Waals surface area contributed by atoms with Crippen molar-refractivity contribution in [2.45, 2.75) is 25.7 Å². The molecule has 4 fully saturated rings. The Hall–Kier alpha value is -1.06. The van der Waals surface area contributed by atoms with Crippen LogP contribution >= 0.6 is 0 Å². The Morgan fingerprint density at radius 3 is 1.75 bits per heavy atom. The summed E-state index contributed by atoms with van der Waals surface area (Å²) in [6.45, 7) is 0. The summed E-state index contributed by atoms with van der Waals surface area (Å²) >= 11 is 0. The van der Waals surface area contributed by atoms with Gasteiger partial charge in [0, 0.05) is 0 Å². The zero-order valence-corrected chi connectivity index (χ0v) is 9.62. The van der Waals surface area contributed by atoms with Gasteiger partial charge in [-0.2, -0.15) is 0 Å². The molecule has 16 heavy (non-hydrogen) atoms. The van der Waals surface area contributed by atoms with Gasteiger partial charge in [-0.15, -0.1) is 0 Å². The van der Waals surface area contributed by atoms with Crippen molar-refractivity contribution in [3.63, 3.8) is 0 Å². The van der Waals surface area contributed by atoms with E-state index in [9.17, 15) is 9.59 Å². The molecule has 4 rings (SSSR count). The van der Waals surface area contributed by atoms with E-state index in [2.05, 4.69) is 0 Å². The van der Waals surface area contributed by atoms with Crippen molar-refractivity contribution >= 4 is 11.9 Å². The zero-order valence-electron chi connectivity index (χ0n) is 9.62. The van der Waals surface area contributed by atoms with Crippen molar-refractivity contribution in [2.24, 2.45) is 22.7 Å². The Morgan fingerprint density at radius 1 is 1.00 bits per heavy atom. The second kappa shape index (κ2) is 2.79. The van der Waals surface area contributed by atoms with Crippen LogP contribution in [0.25, 0.3) is 0 Å². The van der Waals surface area contributed by atoms with Gasteiger partial charge in [0.1, 0.15) is 0 Å². The van der Waals surface area contributed by atoms with E-state index in [0.717, 1.165) is 19.3 Å². The molecular weight excluding hydrogens is 208 g/mol. The van der Waals surface area contributed by atoms with Crippen LogP contribution in [0.3, 0.4) is 0 Å². The van der Waals surface area contributed by atoms with Gasteiger partial charge < -0.3 is 9.47 Å². The zero-order chi connectivity index (χ0) is 11.6. The highest BCUT2D eigenvalue weighted by molar-refractivity contribution is 5.86. The van der Waals surface area contributed by atoms with E-state index in [4.69, 9.17) is 9.47 Å². The quantitative estimate of drug-likeness (QED) is 0.660. The third-order valence-corrected chi connectivity index (χ3v) is 5.17. The van der Waals surface area contributed by atoms with Gasteiger partial charge in [0.2, 0.25) is 0 Å². The fourth-order valence-electron chi connectivity index (χ4n) is 4.61. The molecule has 4 atom stereocenters. The Morgan fingerprint density at radius 2 is 1.44 bits per heavy atom. The number of hydrogen-bond acceptors (Lipinski definition) is 4. The molecule has 0 amide bonds. The van der Waals surface area contributed by atoms with Gasteiger partial charge in [-0.3, -0.25) is 9.59 Å². The number of methoxy groups -OCH3 is 2. The molecule has 4 saturated carbocycles. The molecule has 4 aliphatic rings. The van der Waals surface area contributed by atoms with E-state index in [0.29, 0.717) is 18.3 Å². The predicted octanol–water partition coefficient (Wildman–Crippen LogP) is 1.14. The molecule has 0 aliphatic heterocycles. The lowest BCUT2D eigenvalue weighted by atomic mass is 9.80. The second-order valence-corrected chi connectivity index (χ2v) is 5.51. The number of ether oxygens (including phenoxy) is 2. The fourth-order valence-corrected chi connectivity index (χ4v) is 4.61. The van der Waals surface area contributed by atoms with Crippen LogP contribution in [0, 0.1) is 22.7 Å². The minimum absolute atomic E-state index is 0.122. The molecule has 4 heteroatoms. The van der Waals surface area contributed by atoms with Gasteiger partial charge >= 0.3 is 11.9 Å². The number of esters is 2.